The van der Waals surface area contributed by atoms with Crippen molar-refractivity contribution < 1.29 is 9.59 Å². The second-order valence-electron chi connectivity index (χ2n) is 0.772. The van der Waals surface area contributed by atoms with Crippen LogP contribution in [-0.2, 0) is 9.59 Å². The minimum absolute atomic E-state index is 0.515. The van der Waals surface area contributed by atoms with E-state index in [-0.39, 0.29) is 0 Å². The number of hydrogen-bond acceptors (Lipinski definition) is 2. The quantitative estimate of drug-likeness (QED) is 0.378. The second-order valence-corrected chi connectivity index (χ2v) is 2.51. The molecular formula is C3H4INO2. The summed E-state index contributed by atoms with van der Waals surface area (Å²) in [6, 6.07) is 0. The lowest BCUT2D eigenvalue weighted by molar-refractivity contribution is -0.130. The molecular weight excluding hydrogens is 209 g/mol. The number of carbonyl (C=O) groups is 2. The molecule has 0 rings (SSSR count). The lowest BCUT2D eigenvalue weighted by atomic mass is 10.7. The number of hydrogen-bond donors (Lipinski definition) is 1. The Morgan fingerprint density at radius 1 is 1.57 bits per heavy atom. The fourth-order valence-electron chi connectivity index (χ4n) is 0.0659. The van der Waals surface area contributed by atoms with Crippen LogP contribution in [0.15, 0.2) is 0 Å². The first-order valence-corrected chi connectivity index (χ1v) is 4.01. The molecule has 1 amide bonds. The fourth-order valence-corrected chi connectivity index (χ4v) is 0.442. The van der Waals surface area contributed by atoms with Gasteiger partial charge < -0.3 is 5.73 Å². The van der Waals surface area contributed by atoms with Gasteiger partial charge in [0.25, 0.3) is 9.70 Å². The van der Waals surface area contributed by atoms with Crippen LogP contribution in [0.2, 0.25) is 0 Å². The van der Waals surface area contributed by atoms with Crippen molar-refractivity contribution in [2.24, 2.45) is 5.73 Å². The summed E-state index contributed by atoms with van der Waals surface area (Å²) in [5.74, 6) is -0.859. The maximum atomic E-state index is 10.0. The summed E-state index contributed by atoms with van der Waals surface area (Å²) in [5.41, 5.74) is 4.55. The number of carbonyl (C=O) groups excluding carboxylic acids is 2. The van der Waals surface area contributed by atoms with E-state index in [0.29, 0.717) is 0 Å². The highest BCUT2D eigenvalue weighted by molar-refractivity contribution is 14.2. The van der Waals surface area contributed by atoms with Crippen molar-refractivity contribution in [3.05, 3.63) is 0 Å². The molecule has 0 aliphatic rings. The summed E-state index contributed by atoms with van der Waals surface area (Å²) in [4.78, 5) is 19.8. The molecule has 0 aromatic rings. The molecule has 4 heteroatoms. The molecule has 0 aliphatic heterocycles. The summed E-state index contributed by atoms with van der Waals surface area (Å²) >= 11 is -0.859. The van der Waals surface area contributed by atoms with Gasteiger partial charge in [-0.25, -0.2) is 0 Å². The Morgan fingerprint density at radius 2 is 2.00 bits per heavy atom. The first-order chi connectivity index (χ1) is 3.18. The van der Waals surface area contributed by atoms with E-state index in [1.807, 2.05) is 0 Å². The van der Waals surface area contributed by atoms with Crippen molar-refractivity contribution >= 4 is 34.9 Å². The van der Waals surface area contributed by atoms with Crippen LogP contribution in [0.3, 0.4) is 0 Å². The van der Waals surface area contributed by atoms with E-state index >= 15 is 0 Å². The molecule has 0 bridgehead atoms. The van der Waals surface area contributed by atoms with Crippen molar-refractivity contribution in [2.45, 2.75) is 0 Å². The molecule has 0 heterocycles. The maximum Gasteiger partial charge on any atom is 0.295 e. The monoisotopic (exact) mass is 213 g/mol. The summed E-state index contributed by atoms with van der Waals surface area (Å²) < 4.78 is 2.75. The van der Waals surface area contributed by atoms with Gasteiger partial charge in [0.1, 0.15) is 0 Å². The minimum atomic E-state index is -0.859. The predicted molar refractivity (Wildman–Crippen MR) is 35.3 cm³/mol. The average Bonchev–Trinajstić information content (AvgIpc) is 1.65. The van der Waals surface area contributed by atoms with Crippen LogP contribution in [0, 0.1) is 0 Å². The third-order valence-corrected chi connectivity index (χ3v) is 1.54. The summed E-state index contributed by atoms with van der Waals surface area (Å²) in [6.07, 6.45) is 0. The minimum Gasteiger partial charge on any atom is -0.362 e. The van der Waals surface area contributed by atoms with Crippen molar-refractivity contribution in [1.82, 2.24) is 0 Å². The normalized spacial score (nSPS) is 8.00. The van der Waals surface area contributed by atoms with Crippen LogP contribution in [0.4, 0.5) is 0 Å². The standard InChI is InChI=1S/C3H4INO2/c1-4-2(6)3(5)7/h1H2,(H2,5,7). The van der Waals surface area contributed by atoms with Crippen molar-refractivity contribution in [1.29, 1.82) is 0 Å². The molecule has 0 saturated carbocycles. The topological polar surface area (TPSA) is 60.2 Å². The highest BCUT2D eigenvalue weighted by Crippen LogP contribution is 1.89. The predicted octanol–water partition coefficient (Wildman–Crippen LogP) is -0.599. The Kier molecular flexibility index (Phi) is 2.73. The summed E-state index contributed by atoms with van der Waals surface area (Å²) in [5, 5.41) is 0. The van der Waals surface area contributed by atoms with E-state index in [2.05, 4.69) is 10.2 Å². The van der Waals surface area contributed by atoms with Gasteiger partial charge >= 0.3 is 0 Å². The van der Waals surface area contributed by atoms with Crippen LogP contribution in [0.5, 0.6) is 0 Å². The molecule has 0 aromatic heterocycles. The number of rotatable bonds is 2. The molecule has 0 aliphatic carbocycles. The van der Waals surface area contributed by atoms with Gasteiger partial charge in [-0.1, -0.05) is 4.51 Å². The lowest BCUT2D eigenvalue weighted by Gasteiger charge is -1.76. The van der Waals surface area contributed by atoms with Gasteiger partial charge in [-0.05, 0) is 20.7 Å². The average molecular weight is 213 g/mol. The Morgan fingerprint density at radius 3 is 2.00 bits per heavy atom. The first-order valence-electron chi connectivity index (χ1n) is 1.40. The molecule has 0 atom stereocenters. The van der Waals surface area contributed by atoms with E-state index in [0.717, 1.165) is 0 Å². The van der Waals surface area contributed by atoms with E-state index in [1.165, 1.54) is 0 Å². The maximum absolute atomic E-state index is 10.0. The van der Waals surface area contributed by atoms with Gasteiger partial charge in [-0.15, -0.1) is 0 Å². The van der Waals surface area contributed by atoms with Gasteiger partial charge in [0.05, 0.1) is 0 Å². The molecule has 0 spiro atoms. The third kappa shape index (κ3) is 2.44. The number of primary amides is 1. The second kappa shape index (κ2) is 2.84. The van der Waals surface area contributed by atoms with Crippen LogP contribution in [0.25, 0.3) is 0 Å². The highest BCUT2D eigenvalue weighted by Gasteiger charge is 2.00. The van der Waals surface area contributed by atoms with Gasteiger partial charge in [0.15, 0.2) is 0 Å². The van der Waals surface area contributed by atoms with E-state index < -0.39 is 30.4 Å². The molecule has 0 aromatic carbocycles. The number of nitrogens with two attached hydrogens (primary N) is 1. The Bertz CT molecular complexity index is 120. The summed E-state index contributed by atoms with van der Waals surface area (Å²) in [7, 11) is 0. The zero-order chi connectivity index (χ0) is 5.86. The van der Waals surface area contributed by atoms with Crippen LogP contribution >= 0.6 is 20.7 Å². The Labute approximate surface area is 50.6 Å². The van der Waals surface area contributed by atoms with Gasteiger partial charge in [0, 0.05) is 0 Å². The molecule has 40 valence electrons. The van der Waals surface area contributed by atoms with Crippen LogP contribution in [-0.4, -0.2) is 14.2 Å². The Hall–Kier alpha value is -0.260. The lowest BCUT2D eigenvalue weighted by Crippen LogP contribution is -2.17. The number of halogens is 1. The van der Waals surface area contributed by atoms with E-state index in [4.69, 9.17) is 0 Å². The third-order valence-electron chi connectivity index (χ3n) is 0.315. The largest absolute Gasteiger partial charge is 0.362 e. The van der Waals surface area contributed by atoms with Crippen molar-refractivity contribution in [2.75, 3.05) is 0 Å². The van der Waals surface area contributed by atoms with Crippen molar-refractivity contribution in [3.8, 4) is 0 Å². The molecule has 3 nitrogen and oxygen atoms in total. The van der Waals surface area contributed by atoms with Crippen LogP contribution in [0.1, 0.15) is 0 Å². The van der Waals surface area contributed by atoms with Gasteiger partial charge in [0.2, 0.25) is 0 Å². The smallest absolute Gasteiger partial charge is 0.295 e. The fraction of sp³-hybridized carbons (Fsp3) is 0. The molecule has 0 unspecified atom stereocenters. The highest BCUT2D eigenvalue weighted by atomic mass is 127. The summed E-state index contributed by atoms with van der Waals surface area (Å²) in [6.45, 7) is 0. The molecule has 0 saturated heterocycles. The number of amides is 1. The first kappa shape index (κ1) is 6.74. The molecule has 7 heavy (non-hydrogen) atoms. The van der Waals surface area contributed by atoms with Gasteiger partial charge in [-0.3, -0.25) is 9.59 Å². The zero-order valence-corrected chi connectivity index (χ0v) is 5.64. The van der Waals surface area contributed by atoms with Gasteiger partial charge in [-0.2, -0.15) is 0 Å². The Balaban J connectivity index is 3.81. The van der Waals surface area contributed by atoms with Crippen LogP contribution < -0.4 is 5.73 Å². The molecule has 0 fully saturated rings. The zero-order valence-electron chi connectivity index (χ0n) is 3.48. The van der Waals surface area contributed by atoms with Crippen molar-refractivity contribution in [3.63, 3.8) is 0 Å². The van der Waals surface area contributed by atoms with E-state index in [9.17, 15) is 9.59 Å². The molecule has 0 radical (unpaired) electrons. The molecule has 2 N–H and O–H groups in total. The SMILES string of the molecule is C=IC(=O)C(N)=O. The van der Waals surface area contributed by atoms with E-state index in [1.54, 1.807) is 0 Å².